The predicted molar refractivity (Wildman–Crippen MR) is 79.0 cm³/mol. The molecule has 0 aromatic carbocycles. The van der Waals surface area contributed by atoms with E-state index in [1.807, 2.05) is 13.8 Å². The van der Waals surface area contributed by atoms with Crippen molar-refractivity contribution < 1.29 is 17.9 Å². The Labute approximate surface area is 122 Å². The average Bonchev–Trinajstić information content (AvgIpc) is 3.08. The molecule has 2 atom stereocenters. The normalized spacial score (nSPS) is 20.2. The van der Waals surface area contributed by atoms with E-state index in [0.717, 1.165) is 19.3 Å². The van der Waals surface area contributed by atoms with Crippen LogP contribution < -0.4 is 5.73 Å². The van der Waals surface area contributed by atoms with Gasteiger partial charge in [0, 0.05) is 6.04 Å². The molecule has 1 fully saturated rings. The van der Waals surface area contributed by atoms with Crippen molar-refractivity contribution in [2.24, 2.45) is 11.1 Å². The lowest BCUT2D eigenvalue weighted by Crippen LogP contribution is -2.42. The minimum Gasteiger partial charge on any atom is -0.469 e. The molecule has 1 aliphatic rings. The van der Waals surface area contributed by atoms with Crippen LogP contribution in [0.5, 0.6) is 0 Å². The summed E-state index contributed by atoms with van der Waals surface area (Å²) in [6, 6.07) is -0.316. The van der Waals surface area contributed by atoms with Gasteiger partial charge in [0.1, 0.15) is 0 Å². The van der Waals surface area contributed by atoms with Crippen LogP contribution >= 0.6 is 0 Å². The fraction of sp³-hybridized carbons (Fsp3) is 0.929. The number of esters is 1. The number of nitrogens with two attached hydrogens (primary N) is 1. The van der Waals surface area contributed by atoms with E-state index in [2.05, 4.69) is 4.74 Å². The van der Waals surface area contributed by atoms with Gasteiger partial charge < -0.3 is 10.5 Å². The Morgan fingerprint density at radius 2 is 1.95 bits per heavy atom. The summed E-state index contributed by atoms with van der Waals surface area (Å²) in [4.78, 5) is 11.4. The van der Waals surface area contributed by atoms with Gasteiger partial charge in [-0.25, -0.2) is 8.42 Å². The van der Waals surface area contributed by atoms with Gasteiger partial charge in [0.05, 0.1) is 24.5 Å². The van der Waals surface area contributed by atoms with Crippen molar-refractivity contribution in [2.75, 3.05) is 12.9 Å². The number of hydrogen-bond donors (Lipinski definition) is 1. The zero-order valence-electron chi connectivity index (χ0n) is 12.7. The van der Waals surface area contributed by atoms with Crippen molar-refractivity contribution in [3.63, 3.8) is 0 Å². The maximum atomic E-state index is 12.6. The first-order valence-corrected chi connectivity index (χ1v) is 9.05. The highest BCUT2D eigenvalue weighted by Crippen LogP contribution is 2.50. The van der Waals surface area contributed by atoms with Crippen molar-refractivity contribution >= 4 is 15.8 Å². The number of carbonyl (C=O) groups excluding carboxylic acids is 1. The summed E-state index contributed by atoms with van der Waals surface area (Å²) in [5.41, 5.74) is 5.62. The van der Waals surface area contributed by atoms with E-state index in [1.165, 1.54) is 7.11 Å². The summed E-state index contributed by atoms with van der Waals surface area (Å²) in [7, 11) is -1.94. The lowest BCUT2D eigenvalue weighted by Gasteiger charge is -2.25. The Hall–Kier alpha value is -0.620. The fourth-order valence-corrected chi connectivity index (χ4v) is 5.44. The molecule has 2 unspecified atom stereocenters. The van der Waals surface area contributed by atoms with Crippen LogP contribution in [0.1, 0.15) is 52.4 Å². The molecule has 0 aromatic heterocycles. The first-order chi connectivity index (χ1) is 9.30. The van der Waals surface area contributed by atoms with Crippen LogP contribution in [0.2, 0.25) is 0 Å². The molecule has 0 saturated heterocycles. The Bertz CT molecular complexity index is 428. The summed E-state index contributed by atoms with van der Waals surface area (Å²) >= 11 is 0. The maximum Gasteiger partial charge on any atom is 0.306 e. The summed E-state index contributed by atoms with van der Waals surface area (Å²) in [6.45, 7) is 3.86. The summed E-state index contributed by atoms with van der Waals surface area (Å²) in [5.74, 6) is -0.269. The van der Waals surface area contributed by atoms with Crippen molar-refractivity contribution in [3.05, 3.63) is 0 Å². The second-order valence-electron chi connectivity index (χ2n) is 5.96. The van der Waals surface area contributed by atoms with Gasteiger partial charge in [0.25, 0.3) is 0 Å². The minimum atomic E-state index is -3.28. The second kappa shape index (κ2) is 6.89. The average molecular weight is 305 g/mol. The molecular formula is C14H27NO4S. The molecule has 0 radical (unpaired) electrons. The first kappa shape index (κ1) is 17.4. The standard InChI is InChI=1S/C14H27NO4S/c1-4-6-11(15)12(5-2)20(17,18)10-14(7-8-14)9-13(16)19-3/h11-12H,4-10,15H2,1-3H3. The van der Waals surface area contributed by atoms with Crippen LogP contribution in [0.15, 0.2) is 0 Å². The quantitative estimate of drug-likeness (QED) is 0.655. The summed E-state index contributed by atoms with van der Waals surface area (Å²) in [5, 5.41) is -0.502. The molecule has 118 valence electrons. The van der Waals surface area contributed by atoms with Gasteiger partial charge >= 0.3 is 5.97 Å². The van der Waals surface area contributed by atoms with E-state index in [1.54, 1.807) is 0 Å². The smallest absolute Gasteiger partial charge is 0.306 e. The van der Waals surface area contributed by atoms with Crippen LogP contribution in [0, 0.1) is 5.41 Å². The molecule has 0 amide bonds. The zero-order valence-corrected chi connectivity index (χ0v) is 13.5. The van der Waals surface area contributed by atoms with Crippen LogP contribution in [0.4, 0.5) is 0 Å². The Kier molecular flexibility index (Phi) is 6.01. The molecule has 1 aliphatic carbocycles. The maximum absolute atomic E-state index is 12.6. The molecule has 0 heterocycles. The van der Waals surface area contributed by atoms with Gasteiger partial charge in [0.15, 0.2) is 9.84 Å². The number of hydrogen-bond acceptors (Lipinski definition) is 5. The number of methoxy groups -OCH3 is 1. The third-order valence-electron chi connectivity index (χ3n) is 4.17. The van der Waals surface area contributed by atoms with E-state index < -0.39 is 20.5 Å². The molecular weight excluding hydrogens is 278 g/mol. The molecule has 2 N–H and O–H groups in total. The third kappa shape index (κ3) is 4.45. The largest absolute Gasteiger partial charge is 0.469 e. The number of carbonyl (C=O) groups is 1. The Morgan fingerprint density at radius 1 is 1.35 bits per heavy atom. The minimum absolute atomic E-state index is 0.0605. The van der Waals surface area contributed by atoms with Crippen molar-refractivity contribution in [3.8, 4) is 0 Å². The number of ether oxygens (including phenoxy) is 1. The topological polar surface area (TPSA) is 86.5 Å². The van der Waals surface area contributed by atoms with Gasteiger partial charge in [-0.05, 0) is 31.1 Å². The van der Waals surface area contributed by atoms with Crippen LogP contribution in [0.25, 0.3) is 0 Å². The predicted octanol–water partition coefficient (Wildman–Crippen LogP) is 1.65. The van der Waals surface area contributed by atoms with Crippen LogP contribution in [-0.4, -0.2) is 38.5 Å². The Morgan fingerprint density at radius 3 is 2.35 bits per heavy atom. The van der Waals surface area contributed by atoms with Crippen LogP contribution in [0.3, 0.4) is 0 Å². The zero-order chi connectivity index (χ0) is 15.4. The Balaban J connectivity index is 2.75. The van der Waals surface area contributed by atoms with Gasteiger partial charge in [-0.2, -0.15) is 0 Å². The van der Waals surface area contributed by atoms with E-state index in [4.69, 9.17) is 5.73 Å². The van der Waals surface area contributed by atoms with Gasteiger partial charge in [-0.15, -0.1) is 0 Å². The van der Waals surface area contributed by atoms with Crippen LogP contribution in [-0.2, 0) is 19.4 Å². The van der Waals surface area contributed by atoms with Gasteiger partial charge in [-0.3, -0.25) is 4.79 Å². The van der Waals surface area contributed by atoms with E-state index in [0.29, 0.717) is 12.8 Å². The SMILES string of the molecule is CCCC(N)C(CC)S(=O)(=O)CC1(CC(=O)OC)CC1. The van der Waals surface area contributed by atoms with E-state index in [9.17, 15) is 13.2 Å². The number of sulfone groups is 1. The summed E-state index contributed by atoms with van der Waals surface area (Å²) < 4.78 is 29.8. The highest BCUT2D eigenvalue weighted by Gasteiger charge is 2.49. The molecule has 6 heteroatoms. The molecule has 1 rings (SSSR count). The molecule has 1 saturated carbocycles. The highest BCUT2D eigenvalue weighted by molar-refractivity contribution is 7.92. The third-order valence-corrected chi connectivity index (χ3v) is 6.79. The lowest BCUT2D eigenvalue weighted by atomic mass is 10.1. The molecule has 0 spiro atoms. The molecule has 0 bridgehead atoms. The molecule has 5 nitrogen and oxygen atoms in total. The van der Waals surface area contributed by atoms with E-state index in [-0.39, 0.29) is 24.2 Å². The van der Waals surface area contributed by atoms with Crippen molar-refractivity contribution in [1.82, 2.24) is 0 Å². The van der Waals surface area contributed by atoms with Gasteiger partial charge in [-0.1, -0.05) is 20.3 Å². The first-order valence-electron chi connectivity index (χ1n) is 7.34. The molecule has 0 aliphatic heterocycles. The fourth-order valence-electron chi connectivity index (χ4n) is 2.80. The van der Waals surface area contributed by atoms with Gasteiger partial charge in [0.2, 0.25) is 0 Å². The van der Waals surface area contributed by atoms with Crippen molar-refractivity contribution in [1.29, 1.82) is 0 Å². The molecule has 0 aromatic rings. The number of rotatable bonds is 9. The monoisotopic (exact) mass is 305 g/mol. The van der Waals surface area contributed by atoms with E-state index >= 15 is 0 Å². The van der Waals surface area contributed by atoms with Crippen molar-refractivity contribution in [2.45, 2.75) is 63.7 Å². The second-order valence-corrected chi connectivity index (χ2v) is 8.18. The lowest BCUT2D eigenvalue weighted by molar-refractivity contribution is -0.141. The summed E-state index contributed by atoms with van der Waals surface area (Å²) in [6.07, 6.45) is 3.86. The molecule has 20 heavy (non-hydrogen) atoms. The highest BCUT2D eigenvalue weighted by atomic mass is 32.2.